The largest absolute Gasteiger partial charge is 0.469 e. The smallest absolute Gasteiger partial charge is 0.200 e. The second kappa shape index (κ2) is 7.90. The van der Waals surface area contributed by atoms with E-state index in [0.717, 1.165) is 33.9 Å². The molecule has 3 aromatic rings. The van der Waals surface area contributed by atoms with Crippen molar-refractivity contribution in [1.82, 2.24) is 0 Å². The third-order valence-corrected chi connectivity index (χ3v) is 6.21. The SMILES string of the molecule is C=C(/C=C1\Oc2cc(Cl)ccc2N1C)C(C)(Cc1ccco1)c1cc(Cl)ccc1C. The molecule has 1 aliphatic rings. The first-order valence-corrected chi connectivity index (χ1v) is 10.4. The lowest BCUT2D eigenvalue weighted by Crippen LogP contribution is -2.28. The van der Waals surface area contributed by atoms with Gasteiger partial charge in [0.1, 0.15) is 5.76 Å². The van der Waals surface area contributed by atoms with Crippen molar-refractivity contribution in [3.05, 3.63) is 106 Å². The molecule has 0 saturated heterocycles. The zero-order valence-corrected chi connectivity index (χ0v) is 18.7. The van der Waals surface area contributed by atoms with Gasteiger partial charge in [-0.25, -0.2) is 0 Å². The highest BCUT2D eigenvalue weighted by Crippen LogP contribution is 2.43. The van der Waals surface area contributed by atoms with Crippen LogP contribution in [-0.2, 0) is 11.8 Å². The Hall–Kier alpha value is -2.62. The molecule has 0 amide bonds. The first kappa shape index (κ1) is 20.6. The molecule has 0 saturated carbocycles. The summed E-state index contributed by atoms with van der Waals surface area (Å²) in [6.45, 7) is 8.68. The molecule has 3 nitrogen and oxygen atoms in total. The van der Waals surface area contributed by atoms with E-state index in [9.17, 15) is 0 Å². The summed E-state index contributed by atoms with van der Waals surface area (Å²) in [4.78, 5) is 2.00. The summed E-state index contributed by atoms with van der Waals surface area (Å²) >= 11 is 12.5. The van der Waals surface area contributed by atoms with E-state index >= 15 is 0 Å². The molecule has 30 heavy (non-hydrogen) atoms. The third kappa shape index (κ3) is 3.76. The van der Waals surface area contributed by atoms with Gasteiger partial charge in [0.2, 0.25) is 5.88 Å². The molecule has 4 rings (SSSR count). The summed E-state index contributed by atoms with van der Waals surface area (Å²) in [5.74, 6) is 2.31. The molecule has 1 unspecified atom stereocenters. The molecular formula is C25H23Cl2NO2. The van der Waals surface area contributed by atoms with Crippen LogP contribution >= 0.6 is 23.2 Å². The van der Waals surface area contributed by atoms with Gasteiger partial charge in [0.25, 0.3) is 0 Å². The summed E-state index contributed by atoms with van der Waals surface area (Å²) in [5.41, 5.74) is 3.66. The van der Waals surface area contributed by atoms with E-state index in [-0.39, 0.29) is 0 Å². The maximum atomic E-state index is 6.36. The molecule has 1 aliphatic heterocycles. The van der Waals surface area contributed by atoms with Crippen LogP contribution in [0.3, 0.4) is 0 Å². The Morgan fingerprint density at radius 2 is 1.87 bits per heavy atom. The lowest BCUT2D eigenvalue weighted by Gasteiger charge is -2.32. The number of furan rings is 1. The Kier molecular flexibility index (Phi) is 5.44. The molecular weight excluding hydrogens is 417 g/mol. The van der Waals surface area contributed by atoms with Crippen LogP contribution in [0.2, 0.25) is 10.0 Å². The Balaban J connectivity index is 1.75. The van der Waals surface area contributed by atoms with Crippen molar-refractivity contribution in [2.24, 2.45) is 0 Å². The number of benzene rings is 2. The van der Waals surface area contributed by atoms with Gasteiger partial charge in [0.15, 0.2) is 5.75 Å². The van der Waals surface area contributed by atoms with Crippen LogP contribution in [0.5, 0.6) is 5.75 Å². The second-order valence-electron chi connectivity index (χ2n) is 7.83. The van der Waals surface area contributed by atoms with Crippen LogP contribution in [0, 0.1) is 6.92 Å². The van der Waals surface area contributed by atoms with Crippen LogP contribution in [0.15, 0.2) is 83.3 Å². The maximum absolute atomic E-state index is 6.36. The summed E-state index contributed by atoms with van der Waals surface area (Å²) in [6, 6.07) is 15.5. The first-order chi connectivity index (χ1) is 14.3. The Bertz CT molecular complexity index is 1130. The van der Waals surface area contributed by atoms with E-state index in [2.05, 4.69) is 20.4 Å². The lowest BCUT2D eigenvalue weighted by atomic mass is 9.71. The minimum atomic E-state index is -0.448. The molecule has 0 N–H and O–H groups in total. The Morgan fingerprint density at radius 1 is 1.13 bits per heavy atom. The molecule has 2 heterocycles. The predicted octanol–water partition coefficient (Wildman–Crippen LogP) is 7.32. The molecule has 0 radical (unpaired) electrons. The fourth-order valence-electron chi connectivity index (χ4n) is 3.91. The van der Waals surface area contributed by atoms with Crippen molar-refractivity contribution in [1.29, 1.82) is 0 Å². The topological polar surface area (TPSA) is 25.6 Å². The van der Waals surface area contributed by atoms with Gasteiger partial charge in [-0.1, -0.05) is 42.8 Å². The van der Waals surface area contributed by atoms with E-state index in [1.54, 1.807) is 6.26 Å². The molecule has 2 aromatic carbocycles. The number of halogens is 2. The zero-order chi connectivity index (χ0) is 21.5. The number of fused-ring (bicyclic) bond motifs is 1. The van der Waals surface area contributed by atoms with Gasteiger partial charge in [0.05, 0.1) is 12.0 Å². The highest BCUT2D eigenvalue weighted by Gasteiger charge is 2.34. The number of allylic oxidation sites excluding steroid dienone is 2. The molecule has 154 valence electrons. The van der Waals surface area contributed by atoms with Gasteiger partial charge in [-0.15, -0.1) is 0 Å². The van der Waals surface area contributed by atoms with Crippen molar-refractivity contribution in [3.8, 4) is 5.75 Å². The minimum Gasteiger partial charge on any atom is -0.469 e. The van der Waals surface area contributed by atoms with Crippen LogP contribution < -0.4 is 9.64 Å². The van der Waals surface area contributed by atoms with Crippen LogP contribution in [0.4, 0.5) is 5.69 Å². The van der Waals surface area contributed by atoms with E-state index in [0.29, 0.717) is 22.3 Å². The summed E-state index contributed by atoms with van der Waals surface area (Å²) in [7, 11) is 1.97. The van der Waals surface area contributed by atoms with E-state index in [1.165, 1.54) is 0 Å². The minimum absolute atomic E-state index is 0.448. The fraction of sp³-hybridized carbons (Fsp3) is 0.200. The monoisotopic (exact) mass is 439 g/mol. The maximum Gasteiger partial charge on any atom is 0.200 e. The number of anilines is 1. The average Bonchev–Trinajstić information content (AvgIpc) is 3.31. The number of hydrogen-bond acceptors (Lipinski definition) is 3. The number of ether oxygens (including phenoxy) is 1. The third-order valence-electron chi connectivity index (χ3n) is 5.74. The molecule has 0 bridgehead atoms. The van der Waals surface area contributed by atoms with E-state index in [4.69, 9.17) is 32.4 Å². The van der Waals surface area contributed by atoms with Gasteiger partial charge in [0, 0.05) is 41.1 Å². The number of hydrogen-bond donors (Lipinski definition) is 0. The van der Waals surface area contributed by atoms with Gasteiger partial charge in [-0.2, -0.15) is 0 Å². The Morgan fingerprint density at radius 3 is 2.60 bits per heavy atom. The average molecular weight is 440 g/mol. The fourth-order valence-corrected chi connectivity index (χ4v) is 4.25. The molecule has 5 heteroatoms. The predicted molar refractivity (Wildman–Crippen MR) is 124 cm³/mol. The van der Waals surface area contributed by atoms with Crippen molar-refractivity contribution in [3.63, 3.8) is 0 Å². The molecule has 1 atom stereocenters. The van der Waals surface area contributed by atoms with Gasteiger partial charge < -0.3 is 14.1 Å². The second-order valence-corrected chi connectivity index (χ2v) is 8.70. The van der Waals surface area contributed by atoms with E-state index in [1.807, 2.05) is 66.6 Å². The van der Waals surface area contributed by atoms with Crippen molar-refractivity contribution >= 4 is 28.9 Å². The summed E-state index contributed by atoms with van der Waals surface area (Å²) in [5, 5.41) is 1.33. The molecule has 0 aliphatic carbocycles. The van der Waals surface area contributed by atoms with Gasteiger partial charge in [-0.3, -0.25) is 0 Å². The molecule has 1 aromatic heterocycles. The Labute approximate surface area is 187 Å². The van der Waals surface area contributed by atoms with E-state index < -0.39 is 5.41 Å². The molecule has 0 spiro atoms. The standard InChI is InChI=1S/C25H23Cl2NO2/c1-16-7-8-18(26)13-21(16)25(3,15-20-6-5-11-29-20)17(2)12-24-28(4)22-10-9-19(27)14-23(22)30-24/h5-14H,2,15H2,1,3-4H3/b24-12-. The first-order valence-electron chi connectivity index (χ1n) is 9.69. The van der Waals surface area contributed by atoms with Gasteiger partial charge in [-0.05, 0) is 60.0 Å². The van der Waals surface area contributed by atoms with Crippen molar-refractivity contribution in [2.45, 2.75) is 25.7 Å². The van der Waals surface area contributed by atoms with Crippen molar-refractivity contribution in [2.75, 3.05) is 11.9 Å². The number of rotatable bonds is 5. The summed E-state index contributed by atoms with van der Waals surface area (Å²) < 4.78 is 11.8. The lowest BCUT2D eigenvalue weighted by molar-refractivity contribution is 0.432. The van der Waals surface area contributed by atoms with Crippen LogP contribution in [-0.4, -0.2) is 7.05 Å². The number of aryl methyl sites for hydroxylation is 1. The normalized spacial score (nSPS) is 16.3. The highest BCUT2D eigenvalue weighted by atomic mass is 35.5. The summed E-state index contributed by atoms with van der Waals surface area (Å²) in [6.07, 6.45) is 4.32. The van der Waals surface area contributed by atoms with Gasteiger partial charge >= 0.3 is 0 Å². The zero-order valence-electron chi connectivity index (χ0n) is 17.2. The molecule has 0 fully saturated rings. The van der Waals surface area contributed by atoms with Crippen molar-refractivity contribution < 1.29 is 9.15 Å². The van der Waals surface area contributed by atoms with Crippen LogP contribution in [0.1, 0.15) is 23.8 Å². The highest BCUT2D eigenvalue weighted by molar-refractivity contribution is 6.31. The number of nitrogens with zero attached hydrogens (tertiary/aromatic N) is 1. The quantitative estimate of drug-likeness (QED) is 0.416. The van der Waals surface area contributed by atoms with Crippen LogP contribution in [0.25, 0.3) is 0 Å².